The summed E-state index contributed by atoms with van der Waals surface area (Å²) in [7, 11) is 0. The summed E-state index contributed by atoms with van der Waals surface area (Å²) in [6, 6.07) is -0.563. The summed E-state index contributed by atoms with van der Waals surface area (Å²) in [5.74, 6) is 0.866. The molecule has 106 valence electrons. The van der Waals surface area contributed by atoms with Crippen LogP contribution in [0.15, 0.2) is 0 Å². The van der Waals surface area contributed by atoms with Crippen molar-refractivity contribution in [2.24, 2.45) is 11.8 Å². The van der Waals surface area contributed by atoms with E-state index in [4.69, 9.17) is 5.11 Å². The number of hydrogen-bond acceptors (Lipinski definition) is 2. The Balaban J connectivity index is 1.62. The maximum absolute atomic E-state index is 12.4. The SMILES string of the molecule is O=C(O)N[C@@H](C(=O)NC12CC(C1)C2)C1CCCCC1. The van der Waals surface area contributed by atoms with Gasteiger partial charge in [0, 0.05) is 5.54 Å². The van der Waals surface area contributed by atoms with Gasteiger partial charge in [-0.15, -0.1) is 0 Å². The highest BCUT2D eigenvalue weighted by Crippen LogP contribution is 2.56. The molecule has 0 aromatic rings. The largest absolute Gasteiger partial charge is 0.465 e. The standard InChI is InChI=1S/C14H22N2O3/c17-12(16-14-6-9(7-14)8-14)11(15-13(18)19)10-4-2-1-3-5-10/h9-11,15H,1-8H2,(H,16,17)(H,18,19)/t9?,11-,14?/m1/s1. The number of carboxylic acid groups (broad SMARTS) is 1. The minimum absolute atomic E-state index is 0.0227. The third-order valence-electron chi connectivity index (χ3n) is 5.11. The first-order chi connectivity index (χ1) is 9.08. The summed E-state index contributed by atoms with van der Waals surface area (Å²) in [6.07, 6.45) is 7.47. The predicted molar refractivity (Wildman–Crippen MR) is 69.7 cm³/mol. The van der Waals surface area contributed by atoms with E-state index >= 15 is 0 Å². The maximum Gasteiger partial charge on any atom is 0.405 e. The van der Waals surface area contributed by atoms with E-state index in [9.17, 15) is 9.59 Å². The van der Waals surface area contributed by atoms with E-state index in [2.05, 4.69) is 10.6 Å². The molecule has 4 aliphatic carbocycles. The molecule has 4 fully saturated rings. The molecule has 3 N–H and O–H groups in total. The van der Waals surface area contributed by atoms with Crippen LogP contribution in [0.4, 0.5) is 4.79 Å². The number of carbonyl (C=O) groups excluding carboxylic acids is 1. The molecule has 5 heteroatoms. The zero-order valence-corrected chi connectivity index (χ0v) is 11.2. The summed E-state index contributed by atoms with van der Waals surface area (Å²) in [6.45, 7) is 0. The number of rotatable bonds is 4. The molecular weight excluding hydrogens is 244 g/mol. The molecule has 2 bridgehead atoms. The molecule has 19 heavy (non-hydrogen) atoms. The predicted octanol–water partition coefficient (Wildman–Crippen LogP) is 1.87. The minimum Gasteiger partial charge on any atom is -0.465 e. The zero-order valence-electron chi connectivity index (χ0n) is 11.2. The summed E-state index contributed by atoms with van der Waals surface area (Å²) >= 11 is 0. The van der Waals surface area contributed by atoms with Gasteiger partial charge in [0.05, 0.1) is 0 Å². The van der Waals surface area contributed by atoms with Gasteiger partial charge in [-0.25, -0.2) is 4.79 Å². The van der Waals surface area contributed by atoms with Crippen molar-refractivity contribution in [1.82, 2.24) is 10.6 Å². The molecule has 5 nitrogen and oxygen atoms in total. The topological polar surface area (TPSA) is 78.4 Å². The van der Waals surface area contributed by atoms with Crippen molar-refractivity contribution < 1.29 is 14.7 Å². The molecule has 4 rings (SSSR count). The fraction of sp³-hybridized carbons (Fsp3) is 0.857. The molecule has 0 aliphatic heterocycles. The van der Waals surface area contributed by atoms with Gasteiger partial charge in [-0.3, -0.25) is 4.79 Å². The van der Waals surface area contributed by atoms with Crippen molar-refractivity contribution in [2.45, 2.75) is 62.9 Å². The van der Waals surface area contributed by atoms with E-state index in [0.717, 1.165) is 50.9 Å². The average Bonchev–Trinajstić information content (AvgIpc) is 2.30. The van der Waals surface area contributed by atoms with E-state index in [1.807, 2.05) is 0 Å². The quantitative estimate of drug-likeness (QED) is 0.727. The van der Waals surface area contributed by atoms with Crippen LogP contribution in [0, 0.1) is 11.8 Å². The third kappa shape index (κ3) is 2.42. The second kappa shape index (κ2) is 4.69. The lowest BCUT2D eigenvalue weighted by atomic mass is 9.50. The first-order valence-electron chi connectivity index (χ1n) is 7.39. The molecule has 1 atom stereocenters. The Bertz CT molecular complexity index is 373. The summed E-state index contributed by atoms with van der Waals surface area (Å²) in [5, 5.41) is 14.5. The first kappa shape index (κ1) is 12.8. The van der Waals surface area contributed by atoms with Gasteiger partial charge in [0.25, 0.3) is 0 Å². The Morgan fingerprint density at radius 3 is 2.21 bits per heavy atom. The van der Waals surface area contributed by atoms with Crippen LogP contribution in [0.2, 0.25) is 0 Å². The Kier molecular flexibility index (Phi) is 3.15. The lowest BCUT2D eigenvalue weighted by Crippen LogP contribution is -2.70. The second-order valence-electron chi connectivity index (χ2n) is 6.57. The number of carbonyl (C=O) groups is 2. The van der Waals surface area contributed by atoms with Gasteiger partial charge in [-0.05, 0) is 43.9 Å². The monoisotopic (exact) mass is 266 g/mol. The lowest BCUT2D eigenvalue weighted by Gasteiger charge is -2.62. The average molecular weight is 266 g/mol. The van der Waals surface area contributed by atoms with Crippen molar-refractivity contribution in [1.29, 1.82) is 0 Å². The second-order valence-corrected chi connectivity index (χ2v) is 6.57. The molecule has 0 aromatic carbocycles. The van der Waals surface area contributed by atoms with Gasteiger partial charge < -0.3 is 15.7 Å². The Labute approximate surface area is 113 Å². The molecular formula is C14H22N2O3. The van der Waals surface area contributed by atoms with Gasteiger partial charge in [-0.2, -0.15) is 0 Å². The van der Waals surface area contributed by atoms with Gasteiger partial charge in [0.15, 0.2) is 0 Å². The van der Waals surface area contributed by atoms with Crippen LogP contribution in [0.25, 0.3) is 0 Å². The van der Waals surface area contributed by atoms with Crippen LogP contribution in [-0.4, -0.2) is 28.7 Å². The van der Waals surface area contributed by atoms with Gasteiger partial charge >= 0.3 is 6.09 Å². The highest BCUT2D eigenvalue weighted by molar-refractivity contribution is 5.86. The molecule has 4 saturated carbocycles. The highest BCUT2D eigenvalue weighted by atomic mass is 16.4. The van der Waals surface area contributed by atoms with Gasteiger partial charge in [-0.1, -0.05) is 19.3 Å². The third-order valence-corrected chi connectivity index (χ3v) is 5.11. The van der Waals surface area contributed by atoms with Crippen molar-refractivity contribution in [2.75, 3.05) is 0 Å². The highest BCUT2D eigenvalue weighted by Gasteiger charge is 2.57. The molecule has 0 aromatic heterocycles. The van der Waals surface area contributed by atoms with Gasteiger partial charge in [0.1, 0.15) is 6.04 Å². The van der Waals surface area contributed by atoms with Crippen LogP contribution in [-0.2, 0) is 4.79 Å². The van der Waals surface area contributed by atoms with E-state index in [-0.39, 0.29) is 17.4 Å². The lowest BCUT2D eigenvalue weighted by molar-refractivity contribution is -0.136. The van der Waals surface area contributed by atoms with Crippen LogP contribution in [0.1, 0.15) is 51.4 Å². The van der Waals surface area contributed by atoms with E-state index in [1.54, 1.807) is 0 Å². The summed E-state index contributed by atoms with van der Waals surface area (Å²) in [5.41, 5.74) is 0.0227. The molecule has 2 amide bonds. The van der Waals surface area contributed by atoms with Crippen molar-refractivity contribution in [3.63, 3.8) is 0 Å². The van der Waals surface area contributed by atoms with Crippen LogP contribution >= 0.6 is 0 Å². The molecule has 0 radical (unpaired) electrons. The number of amides is 2. The first-order valence-corrected chi connectivity index (χ1v) is 7.39. The van der Waals surface area contributed by atoms with Crippen LogP contribution in [0.3, 0.4) is 0 Å². The van der Waals surface area contributed by atoms with Crippen LogP contribution in [0.5, 0.6) is 0 Å². The molecule has 0 unspecified atom stereocenters. The Morgan fingerprint density at radius 1 is 1.11 bits per heavy atom. The Hall–Kier alpha value is -1.26. The van der Waals surface area contributed by atoms with Crippen molar-refractivity contribution in [3.8, 4) is 0 Å². The number of nitrogens with one attached hydrogen (secondary N) is 2. The molecule has 0 spiro atoms. The Morgan fingerprint density at radius 2 is 1.74 bits per heavy atom. The summed E-state index contributed by atoms with van der Waals surface area (Å²) < 4.78 is 0. The molecule has 0 saturated heterocycles. The van der Waals surface area contributed by atoms with Crippen molar-refractivity contribution in [3.05, 3.63) is 0 Å². The van der Waals surface area contributed by atoms with Crippen LogP contribution < -0.4 is 10.6 Å². The normalized spacial score (nSPS) is 34.6. The van der Waals surface area contributed by atoms with E-state index < -0.39 is 12.1 Å². The maximum atomic E-state index is 12.4. The zero-order chi connectivity index (χ0) is 13.5. The van der Waals surface area contributed by atoms with E-state index in [0.29, 0.717) is 0 Å². The molecule has 0 heterocycles. The fourth-order valence-electron chi connectivity index (χ4n) is 3.97. The smallest absolute Gasteiger partial charge is 0.405 e. The van der Waals surface area contributed by atoms with Gasteiger partial charge in [0.2, 0.25) is 5.91 Å². The van der Waals surface area contributed by atoms with E-state index in [1.165, 1.54) is 6.42 Å². The molecule has 4 aliphatic rings. The summed E-state index contributed by atoms with van der Waals surface area (Å²) in [4.78, 5) is 23.3. The minimum atomic E-state index is -1.09. The fourth-order valence-corrected chi connectivity index (χ4v) is 3.97. The number of hydrogen-bond donors (Lipinski definition) is 3. The van der Waals surface area contributed by atoms with Crippen molar-refractivity contribution >= 4 is 12.0 Å².